The quantitative estimate of drug-likeness (QED) is 0.277. The number of aliphatic imine (C=N–C) groups is 1. The van der Waals surface area contributed by atoms with E-state index in [2.05, 4.69) is 85.4 Å². The fourth-order valence-corrected chi connectivity index (χ4v) is 6.78. The minimum Gasteiger partial charge on any atom is -0.438 e. The standard InChI is InChI=1S/C33H47N3O3/c1-5-22-33(39-32(37)38-4)31(36(25-34-33)24-28-14-10-7-11-15-28)23-27-16-19-29(20-17-27)30(35(2)3)21-18-26-12-8-6-9-13-26/h6-15,25,27,29-31H,5,16-24H2,1-4H3. The minimum atomic E-state index is -0.894. The average molecular weight is 534 g/mol. The molecule has 6 nitrogen and oxygen atoms in total. The number of nitrogens with zero attached hydrogens (tertiary/aromatic N) is 3. The predicted molar refractivity (Wildman–Crippen MR) is 158 cm³/mol. The molecule has 0 N–H and O–H groups in total. The summed E-state index contributed by atoms with van der Waals surface area (Å²) >= 11 is 0. The third-order valence-electron chi connectivity index (χ3n) is 8.82. The first-order chi connectivity index (χ1) is 18.9. The number of aryl methyl sites for hydroxylation is 1. The van der Waals surface area contributed by atoms with Crippen molar-refractivity contribution in [2.45, 2.75) is 89.1 Å². The van der Waals surface area contributed by atoms with Crippen molar-refractivity contribution < 1.29 is 14.3 Å². The second-order valence-electron chi connectivity index (χ2n) is 11.6. The summed E-state index contributed by atoms with van der Waals surface area (Å²) in [5, 5.41) is 0. The number of ether oxygens (including phenoxy) is 2. The fraction of sp³-hybridized carbons (Fsp3) is 0.576. The van der Waals surface area contributed by atoms with Gasteiger partial charge in [0, 0.05) is 19.0 Å². The summed E-state index contributed by atoms with van der Waals surface area (Å²) in [5.74, 6) is 1.30. The van der Waals surface area contributed by atoms with Crippen molar-refractivity contribution in [1.82, 2.24) is 9.80 Å². The van der Waals surface area contributed by atoms with Crippen molar-refractivity contribution in [1.29, 1.82) is 0 Å². The molecule has 1 fully saturated rings. The molecule has 3 atom stereocenters. The lowest BCUT2D eigenvalue weighted by Gasteiger charge is -2.41. The Kier molecular flexibility index (Phi) is 10.4. The summed E-state index contributed by atoms with van der Waals surface area (Å²) in [6.45, 7) is 2.87. The second kappa shape index (κ2) is 14.0. The highest BCUT2D eigenvalue weighted by Crippen LogP contribution is 2.42. The summed E-state index contributed by atoms with van der Waals surface area (Å²) < 4.78 is 10.9. The van der Waals surface area contributed by atoms with Crippen LogP contribution in [0, 0.1) is 11.8 Å². The highest BCUT2D eigenvalue weighted by Gasteiger charge is 2.49. The molecule has 212 valence electrons. The van der Waals surface area contributed by atoms with Crippen LogP contribution in [-0.4, -0.2) is 61.3 Å². The van der Waals surface area contributed by atoms with Crippen molar-refractivity contribution in [3.63, 3.8) is 0 Å². The molecule has 1 saturated carbocycles. The summed E-state index contributed by atoms with van der Waals surface area (Å²) in [7, 11) is 5.85. The number of benzene rings is 2. The van der Waals surface area contributed by atoms with Crippen LogP contribution >= 0.6 is 0 Å². The van der Waals surface area contributed by atoms with E-state index in [-0.39, 0.29) is 6.04 Å². The van der Waals surface area contributed by atoms with Gasteiger partial charge in [-0.15, -0.1) is 0 Å². The summed E-state index contributed by atoms with van der Waals surface area (Å²) in [6, 6.07) is 21.9. The molecule has 0 saturated heterocycles. The summed E-state index contributed by atoms with van der Waals surface area (Å²) in [5.41, 5.74) is 1.76. The first-order valence-electron chi connectivity index (χ1n) is 14.8. The van der Waals surface area contributed by atoms with E-state index in [1.54, 1.807) is 0 Å². The van der Waals surface area contributed by atoms with E-state index in [1.807, 2.05) is 12.4 Å². The molecular formula is C33H47N3O3. The zero-order chi connectivity index (χ0) is 27.7. The molecule has 0 radical (unpaired) electrons. The van der Waals surface area contributed by atoms with Crippen molar-refractivity contribution in [3.8, 4) is 0 Å². The van der Waals surface area contributed by atoms with Gasteiger partial charge in [-0.2, -0.15) is 0 Å². The van der Waals surface area contributed by atoms with Crippen molar-refractivity contribution >= 4 is 12.5 Å². The van der Waals surface area contributed by atoms with Gasteiger partial charge in [-0.25, -0.2) is 9.79 Å². The lowest BCUT2D eigenvalue weighted by Crippen LogP contribution is -2.49. The molecule has 2 aliphatic rings. The van der Waals surface area contributed by atoms with Crippen LogP contribution in [0.15, 0.2) is 65.7 Å². The number of methoxy groups -OCH3 is 1. The number of hydrogen-bond acceptors (Lipinski definition) is 6. The Labute approximate surface area is 235 Å². The van der Waals surface area contributed by atoms with Gasteiger partial charge in [0.2, 0.25) is 5.72 Å². The third kappa shape index (κ3) is 7.63. The van der Waals surface area contributed by atoms with Crippen LogP contribution in [0.4, 0.5) is 4.79 Å². The van der Waals surface area contributed by atoms with Gasteiger partial charge in [0.25, 0.3) is 0 Å². The van der Waals surface area contributed by atoms with Crippen LogP contribution in [0.2, 0.25) is 0 Å². The third-order valence-corrected chi connectivity index (χ3v) is 8.82. The van der Waals surface area contributed by atoms with Gasteiger partial charge in [-0.1, -0.05) is 86.8 Å². The molecule has 2 aromatic carbocycles. The summed E-state index contributed by atoms with van der Waals surface area (Å²) in [6.07, 6.45) is 11.0. The number of rotatable bonds is 12. The van der Waals surface area contributed by atoms with Crippen LogP contribution in [0.1, 0.15) is 69.4 Å². The van der Waals surface area contributed by atoms with Crippen molar-refractivity contribution in [3.05, 3.63) is 71.8 Å². The van der Waals surface area contributed by atoms with E-state index in [1.165, 1.54) is 50.3 Å². The van der Waals surface area contributed by atoms with Crippen LogP contribution in [-0.2, 0) is 22.4 Å². The van der Waals surface area contributed by atoms with Crippen molar-refractivity contribution in [2.24, 2.45) is 16.8 Å². The molecule has 0 amide bonds. The Hall–Kier alpha value is -2.86. The van der Waals surface area contributed by atoms with E-state index in [0.29, 0.717) is 24.3 Å². The Bertz CT molecular complexity index is 1040. The molecule has 2 aromatic rings. The maximum absolute atomic E-state index is 12.4. The normalized spacial score (nSPS) is 25.6. The van der Waals surface area contributed by atoms with Crippen LogP contribution < -0.4 is 0 Å². The molecule has 3 unspecified atom stereocenters. The smallest absolute Gasteiger partial charge is 0.438 e. The van der Waals surface area contributed by atoms with Gasteiger partial charge in [0.05, 0.1) is 19.5 Å². The Morgan fingerprint density at radius 2 is 1.67 bits per heavy atom. The van der Waals surface area contributed by atoms with Crippen molar-refractivity contribution in [2.75, 3.05) is 21.2 Å². The number of hydrogen-bond donors (Lipinski definition) is 0. The molecule has 39 heavy (non-hydrogen) atoms. The highest BCUT2D eigenvalue weighted by atomic mass is 16.7. The fourth-order valence-electron chi connectivity index (χ4n) is 6.78. The molecule has 0 bridgehead atoms. The first kappa shape index (κ1) is 29.1. The summed E-state index contributed by atoms with van der Waals surface area (Å²) in [4.78, 5) is 22.0. The number of carbonyl (C=O) groups is 1. The SMILES string of the molecule is CCCC1(OC(=O)OC)N=CN(Cc2ccccc2)C1CC1CCC(C(CCc2ccccc2)N(C)C)CC1. The monoisotopic (exact) mass is 533 g/mol. The van der Waals surface area contributed by atoms with E-state index in [9.17, 15) is 4.79 Å². The zero-order valence-corrected chi connectivity index (χ0v) is 24.3. The molecule has 0 spiro atoms. The molecule has 4 rings (SSSR count). The molecule has 0 aromatic heterocycles. The Morgan fingerprint density at radius 3 is 2.26 bits per heavy atom. The molecule has 1 aliphatic heterocycles. The zero-order valence-electron chi connectivity index (χ0n) is 24.3. The van der Waals surface area contributed by atoms with E-state index in [4.69, 9.17) is 14.5 Å². The Morgan fingerprint density at radius 1 is 1.03 bits per heavy atom. The maximum Gasteiger partial charge on any atom is 0.510 e. The van der Waals surface area contributed by atoms with Gasteiger partial charge in [-0.05, 0) is 69.2 Å². The van der Waals surface area contributed by atoms with E-state index < -0.39 is 11.9 Å². The van der Waals surface area contributed by atoms with Gasteiger partial charge < -0.3 is 19.3 Å². The second-order valence-corrected chi connectivity index (χ2v) is 11.6. The highest BCUT2D eigenvalue weighted by molar-refractivity contribution is 5.64. The van der Waals surface area contributed by atoms with Gasteiger partial charge in [0.1, 0.15) is 0 Å². The van der Waals surface area contributed by atoms with Gasteiger partial charge >= 0.3 is 6.16 Å². The maximum atomic E-state index is 12.4. The lowest BCUT2D eigenvalue weighted by atomic mass is 9.74. The first-order valence-corrected chi connectivity index (χ1v) is 14.8. The van der Waals surface area contributed by atoms with Crippen LogP contribution in [0.5, 0.6) is 0 Å². The number of carbonyl (C=O) groups excluding carboxylic acids is 1. The predicted octanol–water partition coefficient (Wildman–Crippen LogP) is 6.94. The molecule has 6 heteroatoms. The molecular weight excluding hydrogens is 486 g/mol. The minimum absolute atomic E-state index is 0.000956. The average Bonchev–Trinajstić information content (AvgIpc) is 3.26. The van der Waals surface area contributed by atoms with E-state index >= 15 is 0 Å². The lowest BCUT2D eigenvalue weighted by molar-refractivity contribution is -0.0633. The Balaban J connectivity index is 1.43. The van der Waals surface area contributed by atoms with Gasteiger partial charge in [-0.3, -0.25) is 0 Å². The topological polar surface area (TPSA) is 54.4 Å². The van der Waals surface area contributed by atoms with E-state index in [0.717, 1.165) is 25.8 Å². The van der Waals surface area contributed by atoms with Gasteiger partial charge in [0.15, 0.2) is 0 Å². The molecule has 1 heterocycles. The van der Waals surface area contributed by atoms with Crippen LogP contribution in [0.3, 0.4) is 0 Å². The largest absolute Gasteiger partial charge is 0.510 e. The van der Waals surface area contributed by atoms with Crippen LogP contribution in [0.25, 0.3) is 0 Å². The molecule has 1 aliphatic carbocycles.